The fourth-order valence-corrected chi connectivity index (χ4v) is 3.80. The van der Waals surface area contributed by atoms with Gasteiger partial charge in [-0.05, 0) is 35.0 Å². The normalized spacial score (nSPS) is 17.3. The molecule has 1 fully saturated rings. The quantitative estimate of drug-likeness (QED) is 0.439. The maximum Gasteiger partial charge on any atom is 0.272 e. The zero-order valence-electron chi connectivity index (χ0n) is 17.6. The van der Waals surface area contributed by atoms with Gasteiger partial charge in [-0.3, -0.25) is 19.8 Å². The summed E-state index contributed by atoms with van der Waals surface area (Å²) >= 11 is 0. The molecule has 0 aliphatic carbocycles. The Hall–Kier alpha value is -4.11. The molecule has 2 heterocycles. The van der Waals surface area contributed by atoms with Crippen LogP contribution in [0.4, 0.5) is 5.69 Å². The molecule has 3 aromatic rings. The molecule has 5 rings (SSSR count). The number of nitrogens with one attached hydrogen (secondary N) is 2. The summed E-state index contributed by atoms with van der Waals surface area (Å²) < 4.78 is 16.5. The molecule has 1 atom stereocenters. The van der Waals surface area contributed by atoms with Gasteiger partial charge in [0.25, 0.3) is 11.8 Å². The van der Waals surface area contributed by atoms with E-state index in [2.05, 4.69) is 10.9 Å². The van der Waals surface area contributed by atoms with Crippen molar-refractivity contribution in [1.82, 2.24) is 10.9 Å². The number of benzene rings is 3. The number of imide groups is 1. The molecule has 3 amide bonds. The van der Waals surface area contributed by atoms with Crippen molar-refractivity contribution < 1.29 is 28.6 Å². The molecule has 9 heteroatoms. The van der Waals surface area contributed by atoms with E-state index < -0.39 is 17.9 Å². The average Bonchev–Trinajstić information content (AvgIpc) is 3.13. The predicted molar refractivity (Wildman–Crippen MR) is 119 cm³/mol. The second-order valence-electron chi connectivity index (χ2n) is 7.64. The van der Waals surface area contributed by atoms with Crippen molar-refractivity contribution in [2.24, 2.45) is 0 Å². The number of hydrogen-bond donors (Lipinski definition) is 2. The summed E-state index contributed by atoms with van der Waals surface area (Å²) in [6.07, 6.45) is -0.0842. The first-order valence-electron chi connectivity index (χ1n) is 10.5. The predicted octanol–water partition coefficient (Wildman–Crippen LogP) is 1.94. The van der Waals surface area contributed by atoms with Gasteiger partial charge >= 0.3 is 0 Å². The van der Waals surface area contributed by atoms with Crippen molar-refractivity contribution in [1.29, 1.82) is 0 Å². The van der Waals surface area contributed by atoms with E-state index in [9.17, 15) is 14.4 Å². The molecule has 3 aromatic carbocycles. The molecule has 0 saturated carbocycles. The third-order valence-electron chi connectivity index (χ3n) is 5.41. The first-order chi connectivity index (χ1) is 16.1. The number of amides is 3. The van der Waals surface area contributed by atoms with Gasteiger partial charge in [-0.1, -0.05) is 30.3 Å². The van der Waals surface area contributed by atoms with E-state index in [4.69, 9.17) is 14.2 Å². The Morgan fingerprint density at radius 2 is 1.76 bits per heavy atom. The minimum absolute atomic E-state index is 0.0842. The standard InChI is InChI=1S/C24H21N3O6/c28-22(14-33-18-7-5-15-3-1-2-4-16(15)11-18)26-25-19-13-23(29)27(24(19)30)17-6-8-20-21(12-17)32-10-9-31-20/h1-8,11-12,19,25H,9-10,13-14H2,(H,26,28)/t19-/m0/s1. The maximum absolute atomic E-state index is 12.8. The lowest BCUT2D eigenvalue weighted by molar-refractivity contribution is -0.125. The smallest absolute Gasteiger partial charge is 0.272 e. The van der Waals surface area contributed by atoms with Crippen LogP contribution in [0.1, 0.15) is 6.42 Å². The molecule has 2 N–H and O–H groups in total. The molecule has 0 aromatic heterocycles. The monoisotopic (exact) mass is 447 g/mol. The van der Waals surface area contributed by atoms with Crippen LogP contribution in [0.5, 0.6) is 17.2 Å². The average molecular weight is 447 g/mol. The van der Waals surface area contributed by atoms with Gasteiger partial charge in [0, 0.05) is 6.07 Å². The highest BCUT2D eigenvalue weighted by Gasteiger charge is 2.40. The second-order valence-corrected chi connectivity index (χ2v) is 7.64. The zero-order valence-corrected chi connectivity index (χ0v) is 17.6. The van der Waals surface area contributed by atoms with E-state index in [1.54, 1.807) is 24.3 Å². The lowest BCUT2D eigenvalue weighted by atomic mass is 10.1. The van der Waals surface area contributed by atoms with Gasteiger partial charge in [-0.15, -0.1) is 0 Å². The SMILES string of the molecule is O=C(COc1ccc2ccccc2c1)NN[C@H]1CC(=O)N(c2ccc3c(c2)OCCO3)C1=O. The van der Waals surface area contributed by atoms with Crippen molar-refractivity contribution >= 4 is 34.2 Å². The van der Waals surface area contributed by atoms with Crippen molar-refractivity contribution in [2.75, 3.05) is 24.7 Å². The first-order valence-corrected chi connectivity index (χ1v) is 10.5. The number of anilines is 1. The Balaban J connectivity index is 1.16. The van der Waals surface area contributed by atoms with Gasteiger partial charge in [-0.25, -0.2) is 10.3 Å². The fraction of sp³-hybridized carbons (Fsp3) is 0.208. The molecule has 1 saturated heterocycles. The van der Waals surface area contributed by atoms with Gasteiger partial charge in [0.05, 0.1) is 12.1 Å². The molecule has 2 aliphatic rings. The molecule has 0 unspecified atom stereocenters. The summed E-state index contributed by atoms with van der Waals surface area (Å²) in [5.74, 6) is 0.289. The van der Waals surface area contributed by atoms with Crippen LogP contribution in [0.2, 0.25) is 0 Å². The van der Waals surface area contributed by atoms with E-state index in [0.717, 1.165) is 15.7 Å². The summed E-state index contributed by atoms with van der Waals surface area (Å²) in [6, 6.07) is 17.4. The molecule has 0 spiro atoms. The van der Waals surface area contributed by atoms with Crippen LogP contribution in [0, 0.1) is 0 Å². The molecule has 33 heavy (non-hydrogen) atoms. The van der Waals surface area contributed by atoms with Crippen LogP contribution in [0.3, 0.4) is 0 Å². The zero-order chi connectivity index (χ0) is 22.8. The number of nitrogens with zero attached hydrogens (tertiary/aromatic N) is 1. The van der Waals surface area contributed by atoms with E-state index in [-0.39, 0.29) is 18.9 Å². The molecule has 9 nitrogen and oxygen atoms in total. The summed E-state index contributed by atoms with van der Waals surface area (Å²) in [4.78, 5) is 38.5. The summed E-state index contributed by atoms with van der Waals surface area (Å²) in [7, 11) is 0. The van der Waals surface area contributed by atoms with Crippen LogP contribution < -0.4 is 30.0 Å². The molecule has 2 aliphatic heterocycles. The van der Waals surface area contributed by atoms with Crippen molar-refractivity contribution in [2.45, 2.75) is 12.5 Å². The van der Waals surface area contributed by atoms with E-state index in [1.807, 2.05) is 36.4 Å². The number of hydrazine groups is 1. The third kappa shape index (κ3) is 4.31. The van der Waals surface area contributed by atoms with Crippen molar-refractivity contribution in [3.05, 3.63) is 60.7 Å². The number of carbonyl (C=O) groups is 3. The molecule has 0 radical (unpaired) electrons. The lowest BCUT2D eigenvalue weighted by Crippen LogP contribution is -2.49. The summed E-state index contributed by atoms with van der Waals surface area (Å²) in [5.41, 5.74) is 5.48. The van der Waals surface area contributed by atoms with Crippen LogP contribution >= 0.6 is 0 Å². The van der Waals surface area contributed by atoms with E-state index >= 15 is 0 Å². The molecule has 168 valence electrons. The highest BCUT2D eigenvalue weighted by atomic mass is 16.6. The Labute approximate surface area is 189 Å². The van der Waals surface area contributed by atoms with Gasteiger partial charge < -0.3 is 14.2 Å². The number of hydrogen-bond acceptors (Lipinski definition) is 7. The fourth-order valence-electron chi connectivity index (χ4n) is 3.80. The number of fused-ring (bicyclic) bond motifs is 2. The minimum Gasteiger partial charge on any atom is -0.486 e. The maximum atomic E-state index is 12.8. The Morgan fingerprint density at radius 1 is 0.970 bits per heavy atom. The first kappa shape index (κ1) is 20.8. The highest BCUT2D eigenvalue weighted by molar-refractivity contribution is 6.22. The summed E-state index contributed by atoms with van der Waals surface area (Å²) in [5, 5.41) is 2.07. The molecular weight excluding hydrogens is 426 g/mol. The number of rotatable bonds is 6. The number of carbonyl (C=O) groups excluding carboxylic acids is 3. The highest BCUT2D eigenvalue weighted by Crippen LogP contribution is 2.35. The molecule has 0 bridgehead atoms. The Kier molecular flexibility index (Phi) is 5.54. The van der Waals surface area contributed by atoms with Gasteiger partial charge in [0.2, 0.25) is 5.91 Å². The van der Waals surface area contributed by atoms with Crippen LogP contribution in [0.25, 0.3) is 10.8 Å². The Morgan fingerprint density at radius 3 is 2.61 bits per heavy atom. The third-order valence-corrected chi connectivity index (χ3v) is 5.41. The Bertz CT molecular complexity index is 1240. The summed E-state index contributed by atoms with van der Waals surface area (Å²) in [6.45, 7) is 0.603. The topological polar surface area (TPSA) is 106 Å². The van der Waals surface area contributed by atoms with Gasteiger partial charge in [0.1, 0.15) is 25.0 Å². The van der Waals surface area contributed by atoms with Crippen LogP contribution in [-0.2, 0) is 14.4 Å². The van der Waals surface area contributed by atoms with E-state index in [0.29, 0.717) is 36.1 Å². The van der Waals surface area contributed by atoms with Crippen LogP contribution in [-0.4, -0.2) is 43.6 Å². The molecular formula is C24H21N3O6. The van der Waals surface area contributed by atoms with Crippen molar-refractivity contribution in [3.8, 4) is 17.2 Å². The number of ether oxygens (including phenoxy) is 3. The lowest BCUT2D eigenvalue weighted by Gasteiger charge is -2.21. The van der Waals surface area contributed by atoms with Gasteiger partial charge in [0.15, 0.2) is 18.1 Å². The minimum atomic E-state index is -0.879. The van der Waals surface area contributed by atoms with Gasteiger partial charge in [-0.2, -0.15) is 0 Å². The van der Waals surface area contributed by atoms with E-state index in [1.165, 1.54) is 0 Å². The second kappa shape index (κ2) is 8.79. The van der Waals surface area contributed by atoms with Crippen LogP contribution in [0.15, 0.2) is 60.7 Å². The van der Waals surface area contributed by atoms with Crippen molar-refractivity contribution in [3.63, 3.8) is 0 Å². The largest absolute Gasteiger partial charge is 0.486 e.